The van der Waals surface area contributed by atoms with Crippen LogP contribution in [-0.4, -0.2) is 24.6 Å². The molecule has 0 unspecified atom stereocenters. The smallest absolute Gasteiger partial charge is 0.251 e. The molecule has 0 fully saturated rings. The van der Waals surface area contributed by atoms with Crippen molar-refractivity contribution in [1.29, 1.82) is 0 Å². The molecule has 0 aliphatic rings. The first-order valence-corrected chi connectivity index (χ1v) is 8.81. The van der Waals surface area contributed by atoms with Gasteiger partial charge in [0.2, 0.25) is 0 Å². The average molecular weight is 353 g/mol. The normalized spacial score (nSPS) is 10.8. The lowest BCUT2D eigenvalue weighted by Gasteiger charge is -2.08. The lowest BCUT2D eigenvalue weighted by Crippen LogP contribution is -2.23. The molecule has 0 saturated heterocycles. The van der Waals surface area contributed by atoms with Crippen LogP contribution in [0.15, 0.2) is 47.4 Å². The Morgan fingerprint density at radius 3 is 2.83 bits per heavy atom. The average Bonchev–Trinajstić information content (AvgIpc) is 3.30. The van der Waals surface area contributed by atoms with Gasteiger partial charge in [-0.3, -0.25) is 14.8 Å². The quantitative estimate of drug-likeness (QED) is 0.609. The number of nitrogens with one attached hydrogen (secondary N) is 1. The number of nitrogens with zero attached hydrogens (tertiary/aromatic N) is 4. The van der Waals surface area contributed by atoms with Gasteiger partial charge in [0.25, 0.3) is 5.91 Å². The zero-order valence-corrected chi connectivity index (χ0v) is 14.0. The minimum Gasteiger partial charge on any atom is -0.346 e. The van der Waals surface area contributed by atoms with Crippen molar-refractivity contribution in [3.8, 4) is 11.3 Å². The van der Waals surface area contributed by atoms with Crippen LogP contribution < -0.4 is 5.32 Å². The van der Waals surface area contributed by atoms with Crippen molar-refractivity contribution < 1.29 is 4.79 Å². The number of thiophene rings is 1. The fourth-order valence-corrected chi connectivity index (χ4v) is 3.48. The summed E-state index contributed by atoms with van der Waals surface area (Å²) >= 11 is 2.73. The third kappa shape index (κ3) is 2.89. The summed E-state index contributed by atoms with van der Waals surface area (Å²) in [7, 11) is 0. The second-order valence-electron chi connectivity index (χ2n) is 5.01. The predicted octanol–water partition coefficient (Wildman–Crippen LogP) is 3.14. The van der Waals surface area contributed by atoms with E-state index >= 15 is 0 Å². The highest BCUT2D eigenvalue weighted by atomic mass is 32.1. The molecular weight excluding hydrogens is 342 g/mol. The lowest BCUT2D eigenvalue weighted by atomic mass is 10.1. The van der Waals surface area contributed by atoms with E-state index in [1.54, 1.807) is 41.9 Å². The van der Waals surface area contributed by atoms with Gasteiger partial charge in [-0.1, -0.05) is 0 Å². The Hall–Kier alpha value is -2.71. The van der Waals surface area contributed by atoms with Crippen LogP contribution in [0.25, 0.3) is 22.3 Å². The van der Waals surface area contributed by atoms with E-state index in [1.165, 1.54) is 0 Å². The second kappa shape index (κ2) is 6.42. The molecule has 1 aromatic carbocycles. The van der Waals surface area contributed by atoms with Gasteiger partial charge in [-0.15, -0.1) is 0 Å². The summed E-state index contributed by atoms with van der Waals surface area (Å²) in [5.74, 6) is -0.174. The number of aromatic nitrogens is 4. The Balaban J connectivity index is 1.53. The lowest BCUT2D eigenvalue weighted by molar-refractivity contribution is 0.0950. The van der Waals surface area contributed by atoms with Crippen LogP contribution in [0.1, 0.15) is 16.1 Å². The molecule has 0 spiro atoms. The number of rotatable bonds is 4. The minimum atomic E-state index is -0.174. The summed E-state index contributed by atoms with van der Waals surface area (Å²) in [5, 5.41) is 6.89. The molecule has 24 heavy (non-hydrogen) atoms. The SMILES string of the molecule is O=C(NCc1nccnc1-c1ccsc1)c1ccc2nsnc2c1. The third-order valence-electron chi connectivity index (χ3n) is 3.50. The van der Waals surface area contributed by atoms with Gasteiger partial charge < -0.3 is 5.32 Å². The molecule has 0 saturated carbocycles. The van der Waals surface area contributed by atoms with E-state index in [0.717, 1.165) is 39.7 Å². The summed E-state index contributed by atoms with van der Waals surface area (Å²) in [6.45, 7) is 0.311. The molecule has 1 N–H and O–H groups in total. The maximum absolute atomic E-state index is 12.4. The molecule has 0 bridgehead atoms. The van der Waals surface area contributed by atoms with Crippen LogP contribution in [-0.2, 0) is 6.54 Å². The standard InChI is InChI=1S/C16H11N5OS2/c22-16(10-1-2-12-13(7-10)21-24-20-12)19-8-14-15(18-5-4-17-14)11-3-6-23-9-11/h1-7,9H,8H2,(H,19,22). The van der Waals surface area contributed by atoms with Crippen molar-refractivity contribution in [2.24, 2.45) is 0 Å². The van der Waals surface area contributed by atoms with Crippen LogP contribution in [0, 0.1) is 0 Å². The van der Waals surface area contributed by atoms with E-state index in [2.05, 4.69) is 24.0 Å². The van der Waals surface area contributed by atoms with E-state index in [0.29, 0.717) is 12.1 Å². The van der Waals surface area contributed by atoms with Gasteiger partial charge in [0.15, 0.2) is 0 Å². The van der Waals surface area contributed by atoms with Crippen LogP contribution in [0.3, 0.4) is 0 Å². The van der Waals surface area contributed by atoms with Crippen molar-refractivity contribution in [3.05, 3.63) is 58.7 Å². The van der Waals surface area contributed by atoms with E-state index in [1.807, 2.05) is 16.8 Å². The van der Waals surface area contributed by atoms with Crippen molar-refractivity contribution in [1.82, 2.24) is 24.0 Å². The number of benzene rings is 1. The van der Waals surface area contributed by atoms with Crippen molar-refractivity contribution in [2.75, 3.05) is 0 Å². The zero-order valence-electron chi connectivity index (χ0n) is 12.3. The van der Waals surface area contributed by atoms with E-state index < -0.39 is 0 Å². The monoisotopic (exact) mass is 353 g/mol. The van der Waals surface area contributed by atoms with E-state index in [4.69, 9.17) is 0 Å². The molecule has 3 aromatic heterocycles. The molecule has 0 aliphatic carbocycles. The molecule has 8 heteroatoms. The molecule has 1 amide bonds. The van der Waals surface area contributed by atoms with Gasteiger partial charge in [-0.05, 0) is 29.6 Å². The molecule has 0 radical (unpaired) electrons. The van der Waals surface area contributed by atoms with Crippen molar-refractivity contribution in [2.45, 2.75) is 6.54 Å². The maximum Gasteiger partial charge on any atom is 0.251 e. The Morgan fingerprint density at radius 2 is 1.96 bits per heavy atom. The summed E-state index contributed by atoms with van der Waals surface area (Å²) in [6.07, 6.45) is 3.28. The number of hydrogen-bond acceptors (Lipinski definition) is 7. The summed E-state index contributed by atoms with van der Waals surface area (Å²) in [6, 6.07) is 7.27. The first-order valence-electron chi connectivity index (χ1n) is 7.14. The van der Waals surface area contributed by atoms with E-state index in [-0.39, 0.29) is 5.91 Å². The van der Waals surface area contributed by atoms with Gasteiger partial charge in [0.1, 0.15) is 11.0 Å². The first kappa shape index (κ1) is 14.9. The third-order valence-corrected chi connectivity index (χ3v) is 4.74. The van der Waals surface area contributed by atoms with Crippen LogP contribution in [0.5, 0.6) is 0 Å². The van der Waals surface area contributed by atoms with Gasteiger partial charge in [-0.2, -0.15) is 20.1 Å². The van der Waals surface area contributed by atoms with Crippen LogP contribution in [0.4, 0.5) is 0 Å². The summed E-state index contributed by atoms with van der Waals surface area (Å²) < 4.78 is 8.29. The highest BCUT2D eigenvalue weighted by Crippen LogP contribution is 2.22. The van der Waals surface area contributed by atoms with Crippen LogP contribution in [0.2, 0.25) is 0 Å². The molecule has 6 nitrogen and oxygen atoms in total. The predicted molar refractivity (Wildman–Crippen MR) is 93.9 cm³/mol. The number of hydrogen-bond donors (Lipinski definition) is 1. The fourth-order valence-electron chi connectivity index (χ4n) is 2.33. The Morgan fingerprint density at radius 1 is 1.08 bits per heavy atom. The summed E-state index contributed by atoms with van der Waals surface area (Å²) in [5.41, 5.74) is 4.61. The number of amides is 1. The number of carbonyl (C=O) groups is 1. The van der Waals surface area contributed by atoms with Crippen molar-refractivity contribution in [3.63, 3.8) is 0 Å². The molecule has 0 aliphatic heterocycles. The second-order valence-corrected chi connectivity index (χ2v) is 6.32. The Kier molecular flexibility index (Phi) is 3.97. The van der Waals surface area contributed by atoms with Crippen molar-refractivity contribution >= 4 is 40.0 Å². The van der Waals surface area contributed by atoms with Gasteiger partial charge in [-0.25, -0.2) is 0 Å². The van der Waals surface area contributed by atoms with Gasteiger partial charge in [0, 0.05) is 28.9 Å². The summed E-state index contributed by atoms with van der Waals surface area (Å²) in [4.78, 5) is 21.1. The largest absolute Gasteiger partial charge is 0.346 e. The number of fused-ring (bicyclic) bond motifs is 1. The highest BCUT2D eigenvalue weighted by molar-refractivity contribution is 7.08. The number of carbonyl (C=O) groups excluding carboxylic acids is 1. The minimum absolute atomic E-state index is 0.174. The Labute approximate surface area is 145 Å². The molecular formula is C16H11N5OS2. The van der Waals surface area contributed by atoms with Gasteiger partial charge >= 0.3 is 0 Å². The van der Waals surface area contributed by atoms with Gasteiger partial charge in [0.05, 0.1) is 29.7 Å². The topological polar surface area (TPSA) is 80.7 Å². The van der Waals surface area contributed by atoms with E-state index in [9.17, 15) is 4.79 Å². The molecule has 3 heterocycles. The molecule has 0 atom stereocenters. The Bertz CT molecular complexity index is 997. The molecule has 4 rings (SSSR count). The first-order chi connectivity index (χ1) is 11.8. The molecule has 118 valence electrons. The van der Waals surface area contributed by atoms with Crippen LogP contribution >= 0.6 is 23.1 Å². The fraction of sp³-hybridized carbons (Fsp3) is 0.0625. The zero-order chi connectivity index (χ0) is 16.4. The molecule has 4 aromatic rings. The highest BCUT2D eigenvalue weighted by Gasteiger charge is 2.12. The maximum atomic E-state index is 12.4.